The van der Waals surface area contributed by atoms with Crippen molar-refractivity contribution in [3.63, 3.8) is 0 Å². The number of aryl methyl sites for hydroxylation is 1. The second kappa shape index (κ2) is 5.48. The molecule has 3 heteroatoms. The zero-order chi connectivity index (χ0) is 11.3. The van der Waals surface area contributed by atoms with Crippen molar-refractivity contribution in [1.29, 1.82) is 0 Å². The van der Waals surface area contributed by atoms with E-state index >= 15 is 0 Å². The molecule has 0 fully saturated rings. The van der Waals surface area contributed by atoms with Crippen LogP contribution in [-0.2, 0) is 9.09 Å². The van der Waals surface area contributed by atoms with E-state index in [1.165, 1.54) is 5.56 Å². The van der Waals surface area contributed by atoms with Gasteiger partial charge in [0.2, 0.25) is 7.37 Å². The molecule has 2 nitrogen and oxygen atoms in total. The first-order valence-electron chi connectivity index (χ1n) is 5.43. The molecule has 0 amide bonds. The van der Waals surface area contributed by atoms with Gasteiger partial charge in [0.25, 0.3) is 0 Å². The molecule has 1 aromatic rings. The van der Waals surface area contributed by atoms with Crippen molar-refractivity contribution in [3.05, 3.63) is 29.8 Å². The Morgan fingerprint density at radius 1 is 1.20 bits per heavy atom. The van der Waals surface area contributed by atoms with Crippen LogP contribution < -0.4 is 5.30 Å². The van der Waals surface area contributed by atoms with Crippen molar-refractivity contribution in [1.82, 2.24) is 0 Å². The van der Waals surface area contributed by atoms with Crippen molar-refractivity contribution in [2.45, 2.75) is 27.2 Å². The molecule has 0 radical (unpaired) electrons. The van der Waals surface area contributed by atoms with Crippen molar-refractivity contribution >= 4 is 12.7 Å². The molecule has 0 saturated carbocycles. The quantitative estimate of drug-likeness (QED) is 0.720. The van der Waals surface area contributed by atoms with Gasteiger partial charge in [-0.3, -0.25) is 4.57 Å². The molecule has 0 heterocycles. The van der Waals surface area contributed by atoms with E-state index in [9.17, 15) is 4.57 Å². The highest BCUT2D eigenvalue weighted by atomic mass is 31.2. The Hall–Kier alpha value is -0.590. The van der Waals surface area contributed by atoms with Gasteiger partial charge in [0.05, 0.1) is 6.61 Å². The van der Waals surface area contributed by atoms with Gasteiger partial charge >= 0.3 is 0 Å². The van der Waals surface area contributed by atoms with E-state index in [1.54, 1.807) is 0 Å². The van der Waals surface area contributed by atoms with Gasteiger partial charge in [0.15, 0.2) is 0 Å². The van der Waals surface area contributed by atoms with Crippen molar-refractivity contribution in [2.24, 2.45) is 0 Å². The lowest BCUT2D eigenvalue weighted by molar-refractivity contribution is 0.340. The van der Waals surface area contributed by atoms with E-state index < -0.39 is 7.37 Å². The highest BCUT2D eigenvalue weighted by Gasteiger charge is 2.23. The summed E-state index contributed by atoms with van der Waals surface area (Å²) in [6, 6.07) is 7.80. The lowest BCUT2D eigenvalue weighted by Crippen LogP contribution is -2.10. The van der Waals surface area contributed by atoms with Crippen LogP contribution in [0.1, 0.15) is 25.8 Å². The first kappa shape index (κ1) is 12.5. The monoisotopic (exact) mass is 226 g/mol. The van der Waals surface area contributed by atoms with Gasteiger partial charge in [-0.1, -0.05) is 24.6 Å². The first-order valence-corrected chi connectivity index (χ1v) is 7.24. The molecule has 0 aromatic heterocycles. The number of hydrogen-bond acceptors (Lipinski definition) is 2. The van der Waals surface area contributed by atoms with Crippen LogP contribution in [0.2, 0.25) is 0 Å². The van der Waals surface area contributed by atoms with Crippen LogP contribution in [-0.4, -0.2) is 12.8 Å². The van der Waals surface area contributed by atoms with Gasteiger partial charge in [0.1, 0.15) is 0 Å². The van der Waals surface area contributed by atoms with E-state index in [-0.39, 0.29) is 0 Å². The molecule has 0 saturated heterocycles. The summed E-state index contributed by atoms with van der Waals surface area (Å²) in [4.78, 5) is 0. The normalized spacial score (nSPS) is 14.9. The van der Waals surface area contributed by atoms with E-state index in [0.29, 0.717) is 12.8 Å². The molecule has 15 heavy (non-hydrogen) atoms. The summed E-state index contributed by atoms with van der Waals surface area (Å²) in [6.45, 7) is 6.44. The van der Waals surface area contributed by atoms with Crippen molar-refractivity contribution < 1.29 is 9.09 Å². The van der Waals surface area contributed by atoms with Crippen molar-refractivity contribution in [3.8, 4) is 0 Å². The first-order chi connectivity index (χ1) is 7.12. The summed E-state index contributed by atoms with van der Waals surface area (Å²) in [6.07, 6.45) is 1.51. The third-order valence-corrected chi connectivity index (χ3v) is 5.08. The third kappa shape index (κ3) is 3.19. The highest BCUT2D eigenvalue weighted by molar-refractivity contribution is 7.66. The van der Waals surface area contributed by atoms with Crippen LogP contribution in [0, 0.1) is 6.92 Å². The molecule has 0 spiro atoms. The van der Waals surface area contributed by atoms with Gasteiger partial charge < -0.3 is 4.52 Å². The zero-order valence-corrected chi connectivity index (χ0v) is 10.6. The molecule has 1 aromatic carbocycles. The molecule has 1 unspecified atom stereocenters. The Morgan fingerprint density at radius 3 is 2.27 bits per heavy atom. The molecule has 0 bridgehead atoms. The summed E-state index contributed by atoms with van der Waals surface area (Å²) in [5, 5.41) is 0.844. The molecular weight excluding hydrogens is 207 g/mol. The van der Waals surface area contributed by atoms with Gasteiger partial charge in [-0.05, 0) is 32.4 Å². The fraction of sp³-hybridized carbons (Fsp3) is 0.500. The standard InChI is InChI=1S/C12H19O2P/c1-4-10-15(13,14-5-2)12-8-6-11(3)7-9-12/h6-9H,4-5,10H2,1-3H3. The Labute approximate surface area is 92.1 Å². The van der Waals surface area contributed by atoms with Gasteiger partial charge in [0, 0.05) is 11.5 Å². The largest absolute Gasteiger partial charge is 0.326 e. The Kier molecular flexibility index (Phi) is 4.56. The highest BCUT2D eigenvalue weighted by Crippen LogP contribution is 2.45. The van der Waals surface area contributed by atoms with Gasteiger partial charge in [-0.15, -0.1) is 0 Å². The zero-order valence-electron chi connectivity index (χ0n) is 9.69. The summed E-state index contributed by atoms with van der Waals surface area (Å²) < 4.78 is 18.0. The van der Waals surface area contributed by atoms with Crippen LogP contribution in [0.3, 0.4) is 0 Å². The van der Waals surface area contributed by atoms with Crippen LogP contribution in [0.25, 0.3) is 0 Å². The lowest BCUT2D eigenvalue weighted by atomic mass is 10.2. The molecule has 1 rings (SSSR count). The average molecular weight is 226 g/mol. The topological polar surface area (TPSA) is 26.3 Å². The molecule has 0 aliphatic carbocycles. The van der Waals surface area contributed by atoms with E-state index in [2.05, 4.69) is 0 Å². The van der Waals surface area contributed by atoms with Gasteiger partial charge in [-0.25, -0.2) is 0 Å². The Bertz CT molecular complexity index is 333. The second-order valence-electron chi connectivity index (χ2n) is 3.65. The van der Waals surface area contributed by atoms with E-state index in [1.807, 2.05) is 45.0 Å². The maximum Gasteiger partial charge on any atom is 0.232 e. The molecule has 0 aliphatic heterocycles. The Morgan fingerprint density at radius 2 is 1.80 bits per heavy atom. The lowest BCUT2D eigenvalue weighted by Gasteiger charge is -2.17. The fourth-order valence-electron chi connectivity index (χ4n) is 1.54. The van der Waals surface area contributed by atoms with E-state index in [0.717, 1.165) is 11.7 Å². The average Bonchev–Trinajstić information content (AvgIpc) is 2.19. The molecule has 0 N–H and O–H groups in total. The predicted octanol–water partition coefficient (Wildman–Crippen LogP) is 3.34. The molecule has 1 atom stereocenters. The van der Waals surface area contributed by atoms with Crippen LogP contribution >= 0.6 is 7.37 Å². The second-order valence-corrected chi connectivity index (χ2v) is 6.22. The molecular formula is C12H19O2P. The number of benzene rings is 1. The maximum atomic E-state index is 12.5. The minimum Gasteiger partial charge on any atom is -0.326 e. The molecule has 84 valence electrons. The van der Waals surface area contributed by atoms with Crippen molar-refractivity contribution in [2.75, 3.05) is 12.8 Å². The van der Waals surface area contributed by atoms with Crippen LogP contribution in [0.15, 0.2) is 24.3 Å². The summed E-state index contributed by atoms with van der Waals surface area (Å²) in [7, 11) is -2.59. The Balaban J connectivity index is 2.98. The van der Waals surface area contributed by atoms with Gasteiger partial charge in [-0.2, -0.15) is 0 Å². The predicted molar refractivity (Wildman–Crippen MR) is 65.2 cm³/mol. The molecule has 0 aliphatic rings. The minimum absolute atomic E-state index is 0.505. The third-order valence-electron chi connectivity index (χ3n) is 2.28. The van der Waals surface area contributed by atoms with E-state index in [4.69, 9.17) is 4.52 Å². The minimum atomic E-state index is -2.59. The summed E-state index contributed by atoms with van der Waals surface area (Å²) in [5.74, 6) is 0. The van der Waals surface area contributed by atoms with Crippen LogP contribution in [0.5, 0.6) is 0 Å². The maximum absolute atomic E-state index is 12.5. The SMILES string of the molecule is CCCP(=O)(OCC)c1ccc(C)cc1. The number of rotatable bonds is 5. The van der Waals surface area contributed by atoms with Crippen LogP contribution in [0.4, 0.5) is 0 Å². The summed E-state index contributed by atoms with van der Waals surface area (Å²) >= 11 is 0. The smallest absolute Gasteiger partial charge is 0.232 e. The summed E-state index contributed by atoms with van der Waals surface area (Å²) in [5.41, 5.74) is 1.18. The number of hydrogen-bond donors (Lipinski definition) is 0. The fourth-order valence-corrected chi connectivity index (χ4v) is 3.69.